The molecule has 156 valence electrons. The van der Waals surface area contributed by atoms with Gasteiger partial charge in [-0.3, -0.25) is 0 Å². The minimum atomic E-state index is -0.894. The van der Waals surface area contributed by atoms with E-state index < -0.39 is 29.7 Å². The summed E-state index contributed by atoms with van der Waals surface area (Å²) in [5.41, 5.74) is 2.61. The van der Waals surface area contributed by atoms with E-state index in [2.05, 4.69) is 10.7 Å². The minimum Gasteiger partial charge on any atom is -0.467 e. The van der Waals surface area contributed by atoms with Gasteiger partial charge >= 0.3 is 18.1 Å². The number of nitrogens with zero attached hydrogens (tertiary/aromatic N) is 1. The molecule has 3 amide bonds. The number of nitrogens with one attached hydrogen (secondary N) is 2. The summed E-state index contributed by atoms with van der Waals surface area (Å²) < 4.78 is 10.0. The molecule has 0 heterocycles. The number of rotatable bonds is 6. The highest BCUT2D eigenvalue weighted by Crippen LogP contribution is 2.08. The van der Waals surface area contributed by atoms with E-state index in [9.17, 15) is 14.4 Å². The molecule has 0 bridgehead atoms. The fourth-order valence-electron chi connectivity index (χ4n) is 2.37. The minimum absolute atomic E-state index is 0.0754. The van der Waals surface area contributed by atoms with E-state index in [1.54, 1.807) is 20.8 Å². The number of ether oxygens (including phenoxy) is 2. The molecular formula is C20H31N3O5. The van der Waals surface area contributed by atoms with Crippen molar-refractivity contribution < 1.29 is 23.9 Å². The van der Waals surface area contributed by atoms with Crippen molar-refractivity contribution in [3.8, 4) is 0 Å². The van der Waals surface area contributed by atoms with Gasteiger partial charge in [-0.2, -0.15) is 0 Å². The molecule has 1 unspecified atom stereocenters. The number of hydrogen-bond donors (Lipinski definition) is 2. The predicted molar refractivity (Wildman–Crippen MR) is 105 cm³/mol. The fourth-order valence-corrected chi connectivity index (χ4v) is 2.37. The molecule has 8 heteroatoms. The number of hydrazine groups is 1. The molecule has 1 rings (SSSR count). The van der Waals surface area contributed by atoms with Crippen molar-refractivity contribution in [1.29, 1.82) is 0 Å². The summed E-state index contributed by atoms with van der Waals surface area (Å²) in [4.78, 5) is 37.0. The van der Waals surface area contributed by atoms with Gasteiger partial charge in [0.2, 0.25) is 0 Å². The standard InChI is InChI=1S/C20H31N3O5/c1-14(2)13-23(22-19(26)28-20(3,4)5)18(25)21-16(17(24)27-6)12-15-10-8-7-9-11-15/h7-11,14,16H,12-13H2,1-6H3,(H,21,25)(H,22,26). The molecule has 1 aromatic carbocycles. The van der Waals surface area contributed by atoms with Crippen LogP contribution in [0, 0.1) is 5.92 Å². The van der Waals surface area contributed by atoms with Crippen molar-refractivity contribution in [3.63, 3.8) is 0 Å². The number of hydrogen-bond acceptors (Lipinski definition) is 5. The maximum atomic E-state index is 12.7. The maximum absolute atomic E-state index is 12.7. The molecule has 0 fully saturated rings. The highest BCUT2D eigenvalue weighted by molar-refractivity contribution is 5.84. The van der Waals surface area contributed by atoms with Crippen LogP contribution in [-0.4, -0.2) is 48.4 Å². The number of benzene rings is 1. The van der Waals surface area contributed by atoms with Crippen molar-refractivity contribution in [2.75, 3.05) is 13.7 Å². The molecule has 28 heavy (non-hydrogen) atoms. The van der Waals surface area contributed by atoms with E-state index in [0.29, 0.717) is 0 Å². The van der Waals surface area contributed by atoms with Crippen LogP contribution >= 0.6 is 0 Å². The zero-order valence-corrected chi connectivity index (χ0v) is 17.4. The largest absolute Gasteiger partial charge is 0.467 e. The Balaban J connectivity index is 2.88. The quantitative estimate of drug-likeness (QED) is 0.572. The second-order valence-electron chi connectivity index (χ2n) is 7.83. The first kappa shape index (κ1) is 23.3. The fraction of sp³-hybridized carbons (Fsp3) is 0.550. The summed E-state index contributed by atoms with van der Waals surface area (Å²) in [6.45, 7) is 9.23. The smallest absolute Gasteiger partial charge is 0.426 e. The zero-order chi connectivity index (χ0) is 21.3. The molecule has 2 N–H and O–H groups in total. The summed E-state index contributed by atoms with van der Waals surface area (Å²) in [6.07, 6.45) is -0.484. The second-order valence-corrected chi connectivity index (χ2v) is 7.83. The summed E-state index contributed by atoms with van der Waals surface area (Å²) >= 11 is 0. The number of carbonyl (C=O) groups is 3. The van der Waals surface area contributed by atoms with E-state index in [4.69, 9.17) is 9.47 Å². The van der Waals surface area contributed by atoms with E-state index in [1.807, 2.05) is 44.2 Å². The van der Waals surface area contributed by atoms with E-state index >= 15 is 0 Å². The van der Waals surface area contributed by atoms with Crippen LogP contribution in [0.25, 0.3) is 0 Å². The Morgan fingerprint density at radius 2 is 1.71 bits per heavy atom. The lowest BCUT2D eigenvalue weighted by Crippen LogP contribution is -2.56. The highest BCUT2D eigenvalue weighted by atomic mass is 16.6. The molecule has 0 radical (unpaired) electrons. The normalized spacial score (nSPS) is 12.1. The third-order valence-electron chi connectivity index (χ3n) is 3.48. The molecule has 0 aliphatic heterocycles. The maximum Gasteiger partial charge on any atom is 0.426 e. The van der Waals surface area contributed by atoms with Crippen molar-refractivity contribution in [1.82, 2.24) is 15.8 Å². The Bertz CT molecular complexity index is 656. The first-order chi connectivity index (χ1) is 13.0. The van der Waals surface area contributed by atoms with Gasteiger partial charge in [0.15, 0.2) is 0 Å². The lowest BCUT2D eigenvalue weighted by atomic mass is 10.1. The molecule has 0 aliphatic rings. The van der Waals surface area contributed by atoms with Gasteiger partial charge < -0.3 is 14.8 Å². The molecule has 0 aromatic heterocycles. The van der Waals surface area contributed by atoms with E-state index in [-0.39, 0.29) is 18.9 Å². The van der Waals surface area contributed by atoms with Crippen LogP contribution in [0.3, 0.4) is 0 Å². The van der Waals surface area contributed by atoms with Gasteiger partial charge in [-0.05, 0) is 32.3 Å². The van der Waals surface area contributed by atoms with Crippen LogP contribution < -0.4 is 10.7 Å². The number of methoxy groups -OCH3 is 1. The first-order valence-electron chi connectivity index (χ1n) is 9.21. The predicted octanol–water partition coefficient (Wildman–Crippen LogP) is 2.88. The summed E-state index contributed by atoms with van der Waals surface area (Å²) in [5, 5.41) is 3.74. The van der Waals surface area contributed by atoms with E-state index in [0.717, 1.165) is 10.6 Å². The molecular weight excluding hydrogens is 362 g/mol. The lowest BCUT2D eigenvalue weighted by Gasteiger charge is -2.28. The van der Waals surface area contributed by atoms with Gasteiger partial charge in [0.1, 0.15) is 11.6 Å². The highest BCUT2D eigenvalue weighted by Gasteiger charge is 2.27. The van der Waals surface area contributed by atoms with Crippen LogP contribution in [0.4, 0.5) is 9.59 Å². The topological polar surface area (TPSA) is 97.0 Å². The Morgan fingerprint density at radius 1 is 1.11 bits per heavy atom. The van der Waals surface area contributed by atoms with Crippen LogP contribution in [0.1, 0.15) is 40.2 Å². The molecule has 1 atom stereocenters. The van der Waals surface area contributed by atoms with Crippen LogP contribution in [0.2, 0.25) is 0 Å². The average Bonchev–Trinajstić information content (AvgIpc) is 2.58. The molecule has 0 spiro atoms. The van der Waals surface area contributed by atoms with Crippen molar-refractivity contribution >= 4 is 18.1 Å². The summed E-state index contributed by atoms with van der Waals surface area (Å²) in [7, 11) is 1.26. The number of amides is 3. The van der Waals surface area contributed by atoms with Gasteiger partial charge in [0, 0.05) is 13.0 Å². The van der Waals surface area contributed by atoms with Crippen LogP contribution in [0.5, 0.6) is 0 Å². The second kappa shape index (κ2) is 10.5. The lowest BCUT2D eigenvalue weighted by molar-refractivity contribution is -0.142. The van der Waals surface area contributed by atoms with Gasteiger partial charge in [0.25, 0.3) is 0 Å². The Morgan fingerprint density at radius 3 is 2.21 bits per heavy atom. The average molecular weight is 393 g/mol. The monoisotopic (exact) mass is 393 g/mol. The summed E-state index contributed by atoms with van der Waals surface area (Å²) in [6, 6.07) is 7.76. The zero-order valence-electron chi connectivity index (χ0n) is 17.4. The molecule has 0 saturated carbocycles. The van der Waals surface area contributed by atoms with Crippen LogP contribution in [-0.2, 0) is 20.7 Å². The molecule has 0 saturated heterocycles. The number of esters is 1. The molecule has 1 aromatic rings. The van der Waals surface area contributed by atoms with E-state index in [1.165, 1.54) is 7.11 Å². The third-order valence-corrected chi connectivity index (χ3v) is 3.48. The van der Waals surface area contributed by atoms with Gasteiger partial charge in [-0.1, -0.05) is 44.2 Å². The van der Waals surface area contributed by atoms with Crippen LogP contribution in [0.15, 0.2) is 30.3 Å². The Labute approximate surface area is 166 Å². The third kappa shape index (κ3) is 8.75. The van der Waals surface area contributed by atoms with Gasteiger partial charge in [0.05, 0.1) is 7.11 Å². The first-order valence-corrected chi connectivity index (χ1v) is 9.21. The van der Waals surface area contributed by atoms with Gasteiger partial charge in [-0.25, -0.2) is 24.8 Å². The Kier molecular flexibility index (Phi) is 8.76. The van der Waals surface area contributed by atoms with Gasteiger partial charge in [-0.15, -0.1) is 0 Å². The van der Waals surface area contributed by atoms with Crippen molar-refractivity contribution in [2.24, 2.45) is 5.92 Å². The molecule has 0 aliphatic carbocycles. The number of carbonyl (C=O) groups excluding carboxylic acids is 3. The molecule has 8 nitrogen and oxygen atoms in total. The SMILES string of the molecule is COC(=O)C(Cc1ccccc1)NC(=O)N(CC(C)C)NC(=O)OC(C)(C)C. The van der Waals surface area contributed by atoms with Crippen molar-refractivity contribution in [2.45, 2.75) is 52.7 Å². The summed E-state index contributed by atoms with van der Waals surface area (Å²) in [5.74, 6) is -0.495. The van der Waals surface area contributed by atoms with Crippen molar-refractivity contribution in [3.05, 3.63) is 35.9 Å². The number of urea groups is 1. The Hall–Kier alpha value is -2.77.